The van der Waals surface area contributed by atoms with Gasteiger partial charge >= 0.3 is 11.9 Å². The lowest BCUT2D eigenvalue weighted by Crippen LogP contribution is -2.09. The second-order valence-electron chi connectivity index (χ2n) is 7.05. The second-order valence-corrected chi connectivity index (χ2v) is 7.05. The highest BCUT2D eigenvalue weighted by Gasteiger charge is 2.07. The summed E-state index contributed by atoms with van der Waals surface area (Å²) in [6, 6.07) is 6.87. The van der Waals surface area contributed by atoms with E-state index in [2.05, 4.69) is 6.92 Å². The van der Waals surface area contributed by atoms with E-state index in [1.165, 1.54) is 38.5 Å². The van der Waals surface area contributed by atoms with Gasteiger partial charge in [-0.15, -0.1) is 0 Å². The van der Waals surface area contributed by atoms with Crippen LogP contribution in [0.5, 0.6) is 11.5 Å². The van der Waals surface area contributed by atoms with E-state index in [0.717, 1.165) is 12.8 Å². The van der Waals surface area contributed by atoms with Crippen molar-refractivity contribution in [2.75, 3.05) is 13.7 Å². The van der Waals surface area contributed by atoms with Gasteiger partial charge in [-0.05, 0) is 43.5 Å². The number of esters is 2. The molecule has 0 heterocycles. The fraction of sp³-hybridized carbons (Fsp3) is 0.652. The molecule has 0 aliphatic rings. The van der Waals surface area contributed by atoms with Crippen molar-refractivity contribution in [2.24, 2.45) is 0 Å². The summed E-state index contributed by atoms with van der Waals surface area (Å²) in [6.07, 6.45) is 11.7. The summed E-state index contributed by atoms with van der Waals surface area (Å²) in [7, 11) is 1.58. The Balaban J connectivity index is 1.96. The SMILES string of the molecule is CCCCCCCCCCOC(=O)CCCCC(=O)Oc1ccc(OC)cc1. The Morgan fingerprint density at radius 2 is 1.25 bits per heavy atom. The maximum absolute atomic E-state index is 11.8. The van der Waals surface area contributed by atoms with Crippen LogP contribution in [0.25, 0.3) is 0 Å². The Bertz CT molecular complexity index is 538. The molecule has 0 aromatic heterocycles. The largest absolute Gasteiger partial charge is 0.497 e. The minimum absolute atomic E-state index is 0.175. The summed E-state index contributed by atoms with van der Waals surface area (Å²) < 4.78 is 15.5. The minimum atomic E-state index is -0.294. The third-order valence-electron chi connectivity index (χ3n) is 4.56. The summed E-state index contributed by atoms with van der Waals surface area (Å²) >= 11 is 0. The Morgan fingerprint density at radius 1 is 0.714 bits per heavy atom. The average Bonchev–Trinajstić information content (AvgIpc) is 2.70. The van der Waals surface area contributed by atoms with Gasteiger partial charge in [0.25, 0.3) is 0 Å². The lowest BCUT2D eigenvalue weighted by Gasteiger charge is -2.06. The summed E-state index contributed by atoms with van der Waals surface area (Å²) in [4.78, 5) is 23.5. The van der Waals surface area contributed by atoms with Crippen molar-refractivity contribution >= 4 is 11.9 Å². The molecule has 0 bridgehead atoms. The molecule has 0 amide bonds. The molecular formula is C23H36O5. The first-order valence-electron chi connectivity index (χ1n) is 10.7. The number of ether oxygens (including phenoxy) is 3. The molecule has 28 heavy (non-hydrogen) atoms. The van der Waals surface area contributed by atoms with Gasteiger partial charge in [-0.1, -0.05) is 51.9 Å². The number of benzene rings is 1. The highest BCUT2D eigenvalue weighted by Crippen LogP contribution is 2.18. The first kappa shape index (κ1) is 24.0. The molecule has 5 nitrogen and oxygen atoms in total. The molecule has 0 aliphatic heterocycles. The molecule has 1 aromatic rings. The number of methoxy groups -OCH3 is 1. The third kappa shape index (κ3) is 12.4. The highest BCUT2D eigenvalue weighted by atomic mass is 16.5. The smallest absolute Gasteiger partial charge is 0.311 e. The number of carbonyl (C=O) groups is 2. The maximum Gasteiger partial charge on any atom is 0.311 e. The predicted octanol–water partition coefficient (Wildman–Crippen LogP) is 5.84. The van der Waals surface area contributed by atoms with Gasteiger partial charge in [0.1, 0.15) is 11.5 Å². The normalized spacial score (nSPS) is 10.5. The lowest BCUT2D eigenvalue weighted by molar-refractivity contribution is -0.144. The van der Waals surface area contributed by atoms with Crippen LogP contribution in [0, 0.1) is 0 Å². The molecule has 0 spiro atoms. The van der Waals surface area contributed by atoms with Gasteiger partial charge in [-0.25, -0.2) is 0 Å². The molecule has 5 heteroatoms. The van der Waals surface area contributed by atoms with Gasteiger partial charge in [-0.3, -0.25) is 9.59 Å². The van der Waals surface area contributed by atoms with Gasteiger partial charge < -0.3 is 14.2 Å². The molecule has 0 saturated heterocycles. The Kier molecular flexibility index (Phi) is 13.7. The molecular weight excluding hydrogens is 356 g/mol. The van der Waals surface area contributed by atoms with Crippen LogP contribution in [-0.4, -0.2) is 25.7 Å². The maximum atomic E-state index is 11.8. The van der Waals surface area contributed by atoms with E-state index in [4.69, 9.17) is 14.2 Å². The van der Waals surface area contributed by atoms with Gasteiger partial charge in [-0.2, -0.15) is 0 Å². The Labute approximate surface area is 169 Å². The van der Waals surface area contributed by atoms with Crippen LogP contribution in [-0.2, 0) is 14.3 Å². The molecule has 0 saturated carbocycles. The molecule has 0 radical (unpaired) electrons. The van der Waals surface area contributed by atoms with Crippen LogP contribution in [0.3, 0.4) is 0 Å². The summed E-state index contributed by atoms with van der Waals surface area (Å²) in [5, 5.41) is 0. The van der Waals surface area contributed by atoms with Crippen LogP contribution in [0.1, 0.15) is 84.0 Å². The quantitative estimate of drug-likeness (QED) is 0.201. The van der Waals surface area contributed by atoms with Crippen molar-refractivity contribution in [3.8, 4) is 11.5 Å². The fourth-order valence-electron chi connectivity index (χ4n) is 2.86. The van der Waals surface area contributed by atoms with E-state index in [-0.39, 0.29) is 18.4 Å². The van der Waals surface area contributed by atoms with Crippen molar-refractivity contribution in [3.63, 3.8) is 0 Å². The van der Waals surface area contributed by atoms with E-state index < -0.39 is 0 Å². The molecule has 1 rings (SSSR count). The van der Waals surface area contributed by atoms with Crippen molar-refractivity contribution in [3.05, 3.63) is 24.3 Å². The topological polar surface area (TPSA) is 61.8 Å². The van der Waals surface area contributed by atoms with Crippen LogP contribution in [0.2, 0.25) is 0 Å². The first-order chi connectivity index (χ1) is 13.7. The molecule has 158 valence electrons. The van der Waals surface area contributed by atoms with Gasteiger partial charge in [0, 0.05) is 12.8 Å². The number of hydrogen-bond donors (Lipinski definition) is 0. The molecule has 0 aliphatic carbocycles. The molecule has 0 unspecified atom stereocenters. The zero-order valence-electron chi connectivity index (χ0n) is 17.5. The van der Waals surface area contributed by atoms with Gasteiger partial charge in [0.2, 0.25) is 0 Å². The summed E-state index contributed by atoms with van der Waals surface area (Å²) in [5.74, 6) is 0.741. The van der Waals surface area contributed by atoms with E-state index in [9.17, 15) is 9.59 Å². The van der Waals surface area contributed by atoms with Crippen molar-refractivity contribution in [2.45, 2.75) is 84.0 Å². The van der Waals surface area contributed by atoms with Crippen LogP contribution >= 0.6 is 0 Å². The Hall–Kier alpha value is -2.04. The zero-order chi connectivity index (χ0) is 20.5. The standard InChI is InChI=1S/C23H36O5/c1-3-4-5-6-7-8-9-12-19-27-22(24)13-10-11-14-23(25)28-21-17-15-20(26-2)16-18-21/h15-18H,3-14,19H2,1-2H3. The van der Waals surface area contributed by atoms with Crippen LogP contribution in [0.4, 0.5) is 0 Å². The number of unbranched alkanes of at least 4 members (excludes halogenated alkanes) is 8. The molecule has 0 N–H and O–H groups in total. The fourth-order valence-corrected chi connectivity index (χ4v) is 2.86. The summed E-state index contributed by atoms with van der Waals surface area (Å²) in [6.45, 7) is 2.73. The third-order valence-corrected chi connectivity index (χ3v) is 4.56. The second kappa shape index (κ2) is 16.0. The van der Waals surface area contributed by atoms with Gasteiger partial charge in [0.15, 0.2) is 0 Å². The van der Waals surface area contributed by atoms with Crippen molar-refractivity contribution < 1.29 is 23.8 Å². The van der Waals surface area contributed by atoms with E-state index in [1.807, 2.05) is 0 Å². The molecule has 0 fully saturated rings. The zero-order valence-corrected chi connectivity index (χ0v) is 17.5. The molecule has 1 aromatic carbocycles. The molecule has 0 atom stereocenters. The Morgan fingerprint density at radius 3 is 1.86 bits per heavy atom. The number of hydrogen-bond acceptors (Lipinski definition) is 5. The van der Waals surface area contributed by atoms with E-state index in [1.54, 1.807) is 31.4 Å². The summed E-state index contributed by atoms with van der Waals surface area (Å²) in [5.41, 5.74) is 0. The van der Waals surface area contributed by atoms with Gasteiger partial charge in [0.05, 0.1) is 13.7 Å². The first-order valence-corrected chi connectivity index (χ1v) is 10.7. The van der Waals surface area contributed by atoms with Crippen molar-refractivity contribution in [1.82, 2.24) is 0 Å². The van der Waals surface area contributed by atoms with E-state index >= 15 is 0 Å². The van der Waals surface area contributed by atoms with Crippen LogP contribution in [0.15, 0.2) is 24.3 Å². The minimum Gasteiger partial charge on any atom is -0.497 e. The lowest BCUT2D eigenvalue weighted by atomic mass is 10.1. The van der Waals surface area contributed by atoms with E-state index in [0.29, 0.717) is 37.4 Å². The average molecular weight is 393 g/mol. The highest BCUT2D eigenvalue weighted by molar-refractivity contribution is 5.72. The monoisotopic (exact) mass is 392 g/mol. The van der Waals surface area contributed by atoms with Crippen LogP contribution < -0.4 is 9.47 Å². The number of carbonyl (C=O) groups excluding carboxylic acids is 2. The number of rotatable bonds is 16. The predicted molar refractivity (Wildman–Crippen MR) is 111 cm³/mol. The van der Waals surface area contributed by atoms with Crippen molar-refractivity contribution in [1.29, 1.82) is 0 Å².